The van der Waals surface area contributed by atoms with Crippen LogP contribution in [0.1, 0.15) is 12.5 Å². The first kappa shape index (κ1) is 20.9. The third-order valence-corrected chi connectivity index (χ3v) is 4.41. The SMILES string of the molecule is C[C@@H](COC(F)(F)C(F)F)[C@](O)(Cn1cncn1)c1ccc(Cl)cc1Cl. The van der Waals surface area contributed by atoms with Crippen LogP contribution in [0.2, 0.25) is 10.0 Å². The van der Waals surface area contributed by atoms with Crippen molar-refractivity contribution in [2.45, 2.75) is 31.6 Å². The lowest BCUT2D eigenvalue weighted by Gasteiger charge is -2.35. The van der Waals surface area contributed by atoms with Crippen molar-refractivity contribution in [2.75, 3.05) is 6.61 Å². The van der Waals surface area contributed by atoms with E-state index in [2.05, 4.69) is 14.8 Å². The predicted octanol–water partition coefficient (Wildman–Crippen LogP) is 3.98. The van der Waals surface area contributed by atoms with Crippen LogP contribution in [0, 0.1) is 5.92 Å². The molecule has 26 heavy (non-hydrogen) atoms. The number of hydrogen-bond donors (Lipinski definition) is 1. The highest BCUT2D eigenvalue weighted by Gasteiger charge is 2.45. The second-order valence-electron chi connectivity index (χ2n) is 5.72. The van der Waals surface area contributed by atoms with Crippen LogP contribution in [-0.2, 0) is 16.9 Å². The molecule has 0 saturated carbocycles. The maximum absolute atomic E-state index is 13.1. The van der Waals surface area contributed by atoms with Gasteiger partial charge in [0.2, 0.25) is 0 Å². The van der Waals surface area contributed by atoms with Crippen LogP contribution in [0.4, 0.5) is 17.6 Å². The van der Waals surface area contributed by atoms with Crippen molar-refractivity contribution in [1.82, 2.24) is 14.8 Å². The quantitative estimate of drug-likeness (QED) is 0.662. The van der Waals surface area contributed by atoms with Crippen molar-refractivity contribution in [2.24, 2.45) is 5.92 Å². The van der Waals surface area contributed by atoms with Crippen LogP contribution < -0.4 is 0 Å². The molecule has 2 rings (SSSR count). The van der Waals surface area contributed by atoms with Gasteiger partial charge in [0.05, 0.1) is 13.2 Å². The van der Waals surface area contributed by atoms with Gasteiger partial charge in [-0.1, -0.05) is 36.2 Å². The molecule has 1 heterocycles. The average Bonchev–Trinajstić information content (AvgIpc) is 3.04. The number of ether oxygens (including phenoxy) is 1. The Hall–Kier alpha value is -1.42. The molecule has 144 valence electrons. The number of aromatic nitrogens is 3. The van der Waals surface area contributed by atoms with E-state index in [1.54, 1.807) is 0 Å². The van der Waals surface area contributed by atoms with Crippen molar-refractivity contribution in [3.05, 3.63) is 46.5 Å². The minimum Gasteiger partial charge on any atom is -0.383 e. The molecule has 0 spiro atoms. The molecule has 0 aliphatic heterocycles. The maximum atomic E-state index is 13.1. The van der Waals surface area contributed by atoms with Gasteiger partial charge >= 0.3 is 12.5 Å². The van der Waals surface area contributed by atoms with E-state index in [0.717, 1.165) is 0 Å². The van der Waals surface area contributed by atoms with Crippen LogP contribution in [0.3, 0.4) is 0 Å². The Labute approximate surface area is 156 Å². The summed E-state index contributed by atoms with van der Waals surface area (Å²) in [4.78, 5) is 3.74. The summed E-state index contributed by atoms with van der Waals surface area (Å²) in [6.07, 6.45) is -6.10. The first-order valence-electron chi connectivity index (χ1n) is 7.36. The van der Waals surface area contributed by atoms with Crippen LogP contribution >= 0.6 is 23.2 Å². The third-order valence-electron chi connectivity index (χ3n) is 3.86. The summed E-state index contributed by atoms with van der Waals surface area (Å²) < 4.78 is 56.1. The summed E-state index contributed by atoms with van der Waals surface area (Å²) in [5, 5.41) is 15.4. The number of alkyl halides is 4. The van der Waals surface area contributed by atoms with Gasteiger partial charge in [-0.3, -0.25) is 0 Å². The summed E-state index contributed by atoms with van der Waals surface area (Å²) in [7, 11) is 0. The number of hydrogen-bond acceptors (Lipinski definition) is 4. The molecule has 2 aromatic rings. The predicted molar refractivity (Wildman–Crippen MR) is 86.4 cm³/mol. The molecular weight excluding hydrogens is 401 g/mol. The highest BCUT2D eigenvalue weighted by atomic mass is 35.5. The molecule has 0 aliphatic carbocycles. The van der Waals surface area contributed by atoms with E-state index in [0.29, 0.717) is 5.02 Å². The summed E-state index contributed by atoms with van der Waals surface area (Å²) in [5.41, 5.74) is -1.70. The molecule has 0 amide bonds. The highest BCUT2D eigenvalue weighted by molar-refractivity contribution is 6.35. The summed E-state index contributed by atoms with van der Waals surface area (Å²) in [6.45, 7) is 0.282. The minimum absolute atomic E-state index is 0.0765. The third kappa shape index (κ3) is 4.64. The van der Waals surface area contributed by atoms with Crippen molar-refractivity contribution in [1.29, 1.82) is 0 Å². The van der Waals surface area contributed by atoms with Crippen molar-refractivity contribution in [3.8, 4) is 0 Å². The molecule has 0 unspecified atom stereocenters. The van der Waals surface area contributed by atoms with Gasteiger partial charge in [-0.05, 0) is 12.1 Å². The van der Waals surface area contributed by atoms with E-state index in [-0.39, 0.29) is 17.1 Å². The second kappa shape index (κ2) is 8.08. The Bertz CT molecular complexity index is 734. The lowest BCUT2D eigenvalue weighted by atomic mass is 9.82. The second-order valence-corrected chi connectivity index (χ2v) is 6.56. The molecule has 0 fully saturated rings. The molecular formula is C15H15Cl2F4N3O2. The van der Waals surface area contributed by atoms with E-state index in [4.69, 9.17) is 23.2 Å². The number of nitrogens with zero attached hydrogens (tertiary/aromatic N) is 3. The topological polar surface area (TPSA) is 60.2 Å². The highest BCUT2D eigenvalue weighted by Crippen LogP contribution is 2.38. The summed E-state index contributed by atoms with van der Waals surface area (Å²) >= 11 is 12.0. The fraction of sp³-hybridized carbons (Fsp3) is 0.467. The van der Waals surface area contributed by atoms with E-state index >= 15 is 0 Å². The first-order chi connectivity index (χ1) is 12.1. The normalized spacial score (nSPS) is 15.9. The molecule has 0 bridgehead atoms. The lowest BCUT2D eigenvalue weighted by molar-refractivity contribution is -0.308. The maximum Gasteiger partial charge on any atom is 0.416 e. The molecule has 1 N–H and O–H groups in total. The zero-order valence-electron chi connectivity index (χ0n) is 13.4. The molecule has 0 aliphatic rings. The van der Waals surface area contributed by atoms with Crippen molar-refractivity contribution < 1.29 is 27.4 Å². The fourth-order valence-corrected chi connectivity index (χ4v) is 2.92. The largest absolute Gasteiger partial charge is 0.416 e. The van der Waals surface area contributed by atoms with Gasteiger partial charge in [-0.2, -0.15) is 13.9 Å². The van der Waals surface area contributed by atoms with Crippen molar-refractivity contribution >= 4 is 23.2 Å². The molecule has 5 nitrogen and oxygen atoms in total. The van der Waals surface area contributed by atoms with Crippen LogP contribution in [0.15, 0.2) is 30.9 Å². The number of aliphatic hydroxyl groups is 1. The fourth-order valence-electron chi connectivity index (χ4n) is 2.35. The number of rotatable bonds is 8. The average molecular weight is 416 g/mol. The van der Waals surface area contributed by atoms with Crippen LogP contribution in [0.25, 0.3) is 0 Å². The molecule has 1 aromatic heterocycles. The van der Waals surface area contributed by atoms with E-state index in [1.807, 2.05) is 0 Å². The number of halogens is 6. The molecule has 0 saturated heterocycles. The Kier molecular flexibility index (Phi) is 6.49. The van der Waals surface area contributed by atoms with E-state index in [9.17, 15) is 22.7 Å². The van der Waals surface area contributed by atoms with Crippen molar-refractivity contribution in [3.63, 3.8) is 0 Å². The van der Waals surface area contributed by atoms with Crippen LogP contribution in [-0.4, -0.2) is 39.0 Å². The van der Waals surface area contributed by atoms with E-state index < -0.39 is 30.7 Å². The summed E-state index contributed by atoms with van der Waals surface area (Å²) in [5.74, 6) is -1.06. The monoisotopic (exact) mass is 415 g/mol. The van der Waals surface area contributed by atoms with Gasteiger partial charge < -0.3 is 9.84 Å². The zero-order chi connectivity index (χ0) is 19.5. The minimum atomic E-state index is -4.63. The zero-order valence-corrected chi connectivity index (χ0v) is 14.9. The first-order valence-corrected chi connectivity index (χ1v) is 8.12. The Morgan fingerprint density at radius 2 is 2.00 bits per heavy atom. The van der Waals surface area contributed by atoms with Gasteiger partial charge in [0.15, 0.2) is 0 Å². The Balaban J connectivity index is 2.33. The molecule has 0 radical (unpaired) electrons. The van der Waals surface area contributed by atoms with Crippen LogP contribution in [0.5, 0.6) is 0 Å². The smallest absolute Gasteiger partial charge is 0.383 e. The Morgan fingerprint density at radius 1 is 1.31 bits per heavy atom. The van der Waals surface area contributed by atoms with E-state index in [1.165, 1.54) is 42.5 Å². The Morgan fingerprint density at radius 3 is 2.54 bits per heavy atom. The van der Waals surface area contributed by atoms with Gasteiger partial charge in [-0.15, -0.1) is 0 Å². The summed E-state index contributed by atoms with van der Waals surface area (Å²) in [6, 6.07) is 4.24. The number of benzene rings is 1. The molecule has 11 heteroatoms. The molecule has 2 atom stereocenters. The van der Waals surface area contributed by atoms with Gasteiger partial charge in [0.25, 0.3) is 0 Å². The van der Waals surface area contributed by atoms with Gasteiger partial charge in [-0.25, -0.2) is 18.4 Å². The van der Waals surface area contributed by atoms with Gasteiger partial charge in [0.1, 0.15) is 18.3 Å². The lowest BCUT2D eigenvalue weighted by Crippen LogP contribution is -2.43. The van der Waals surface area contributed by atoms with Gasteiger partial charge in [0, 0.05) is 21.5 Å². The molecule has 1 aromatic carbocycles. The standard InChI is InChI=1S/C15H15Cl2F4N3O2/c1-9(5-26-15(20,21)13(18)19)14(25,6-24-8-22-7-23-24)11-3-2-10(16)4-12(11)17/h2-4,7-9,13,25H,5-6H2,1H3/t9-,14+/m0/s1.